The Labute approximate surface area is 165 Å². The first-order chi connectivity index (χ1) is 13.7. The molecule has 2 aromatic heterocycles. The summed E-state index contributed by atoms with van der Waals surface area (Å²) in [5, 5.41) is 17.5. The Morgan fingerprint density at radius 2 is 1.93 bits per heavy atom. The van der Waals surface area contributed by atoms with Crippen molar-refractivity contribution in [1.29, 1.82) is 0 Å². The summed E-state index contributed by atoms with van der Waals surface area (Å²) in [6, 6.07) is 16.8. The van der Waals surface area contributed by atoms with Crippen LogP contribution in [-0.4, -0.2) is 16.1 Å². The molecule has 0 bridgehead atoms. The number of nitrogens with one attached hydrogen (secondary N) is 1. The number of benzene rings is 2. The van der Waals surface area contributed by atoms with Gasteiger partial charge in [-0.25, -0.2) is 0 Å². The molecule has 144 valence electrons. The number of aliphatic hydroxyl groups is 1. The monoisotopic (exact) mass is 374 g/mol. The zero-order chi connectivity index (χ0) is 19.3. The quantitative estimate of drug-likeness (QED) is 0.436. The highest BCUT2D eigenvalue weighted by Gasteiger charge is 2.10. The minimum Gasteiger partial charge on any atom is -0.464 e. The summed E-state index contributed by atoms with van der Waals surface area (Å²) < 4.78 is 5.36. The first-order valence-electron chi connectivity index (χ1n) is 9.90. The first kappa shape index (κ1) is 18.7. The van der Waals surface area contributed by atoms with Gasteiger partial charge in [0, 0.05) is 35.8 Å². The predicted octanol–water partition coefficient (Wildman–Crippen LogP) is 5.36. The highest BCUT2D eigenvalue weighted by molar-refractivity contribution is 5.82. The van der Waals surface area contributed by atoms with Crippen molar-refractivity contribution in [3.8, 4) is 0 Å². The Morgan fingerprint density at radius 3 is 2.86 bits per heavy atom. The van der Waals surface area contributed by atoms with Crippen molar-refractivity contribution in [3.05, 3.63) is 78.3 Å². The minimum atomic E-state index is -0.430. The van der Waals surface area contributed by atoms with Crippen LogP contribution in [0.5, 0.6) is 0 Å². The van der Waals surface area contributed by atoms with Crippen molar-refractivity contribution in [2.75, 3.05) is 0 Å². The van der Waals surface area contributed by atoms with Crippen molar-refractivity contribution in [3.63, 3.8) is 0 Å². The number of fused-ring (bicyclic) bond motifs is 2. The lowest BCUT2D eigenvalue weighted by molar-refractivity contribution is 0.162. The van der Waals surface area contributed by atoms with Crippen LogP contribution in [0, 0.1) is 0 Å². The Bertz CT molecular complexity index is 1060. The molecule has 0 saturated heterocycles. The molecular weight excluding hydrogens is 348 g/mol. The van der Waals surface area contributed by atoms with E-state index in [0.29, 0.717) is 6.04 Å². The zero-order valence-electron chi connectivity index (χ0n) is 16.1. The van der Waals surface area contributed by atoms with Crippen LogP contribution in [-0.2, 0) is 6.54 Å². The van der Waals surface area contributed by atoms with Crippen LogP contribution in [0.3, 0.4) is 0 Å². The molecule has 2 atom stereocenters. The molecule has 2 N–H and O–H groups in total. The second kappa shape index (κ2) is 8.55. The molecule has 0 radical (unpaired) electrons. The van der Waals surface area contributed by atoms with Gasteiger partial charge in [-0.3, -0.25) is 4.98 Å². The minimum absolute atomic E-state index is 0.400. The van der Waals surface area contributed by atoms with Gasteiger partial charge in [-0.2, -0.15) is 0 Å². The van der Waals surface area contributed by atoms with Gasteiger partial charge in [-0.15, -0.1) is 0 Å². The van der Waals surface area contributed by atoms with Crippen LogP contribution < -0.4 is 5.32 Å². The molecule has 4 aromatic rings. The fourth-order valence-electron chi connectivity index (χ4n) is 3.61. The summed E-state index contributed by atoms with van der Waals surface area (Å²) in [4.78, 5) is 4.16. The average molecular weight is 374 g/mol. The highest BCUT2D eigenvalue weighted by atomic mass is 16.3. The maximum atomic E-state index is 10.5. The Balaban J connectivity index is 1.24. The van der Waals surface area contributed by atoms with Gasteiger partial charge >= 0.3 is 0 Å². The predicted molar refractivity (Wildman–Crippen MR) is 113 cm³/mol. The van der Waals surface area contributed by atoms with E-state index in [1.165, 1.54) is 16.3 Å². The van der Waals surface area contributed by atoms with Gasteiger partial charge in [0.15, 0.2) is 0 Å². The van der Waals surface area contributed by atoms with Gasteiger partial charge in [0.2, 0.25) is 0 Å². The van der Waals surface area contributed by atoms with Crippen molar-refractivity contribution < 1.29 is 9.52 Å². The topological polar surface area (TPSA) is 58.3 Å². The van der Waals surface area contributed by atoms with Gasteiger partial charge < -0.3 is 14.8 Å². The number of furan rings is 1. The van der Waals surface area contributed by atoms with E-state index in [1.807, 2.05) is 42.7 Å². The van der Waals surface area contributed by atoms with Crippen molar-refractivity contribution in [2.45, 2.75) is 44.9 Å². The van der Waals surface area contributed by atoms with Crippen LogP contribution in [0.25, 0.3) is 21.7 Å². The summed E-state index contributed by atoms with van der Waals surface area (Å²) >= 11 is 0. The lowest BCUT2D eigenvalue weighted by Crippen LogP contribution is -2.25. The van der Waals surface area contributed by atoms with Crippen molar-refractivity contribution in [1.82, 2.24) is 10.3 Å². The summed E-state index contributed by atoms with van der Waals surface area (Å²) in [5.74, 6) is 0. The van der Waals surface area contributed by atoms with E-state index in [-0.39, 0.29) is 0 Å². The maximum Gasteiger partial charge on any atom is 0.133 e. The Kier molecular flexibility index (Phi) is 5.70. The lowest BCUT2D eigenvalue weighted by Gasteiger charge is -2.16. The molecule has 0 fully saturated rings. The van der Waals surface area contributed by atoms with Crippen LogP contribution in [0.2, 0.25) is 0 Å². The van der Waals surface area contributed by atoms with Gasteiger partial charge in [-0.05, 0) is 73.0 Å². The summed E-state index contributed by atoms with van der Waals surface area (Å²) in [5.41, 5.74) is 3.10. The van der Waals surface area contributed by atoms with E-state index >= 15 is 0 Å². The van der Waals surface area contributed by atoms with E-state index in [0.717, 1.165) is 42.3 Å². The summed E-state index contributed by atoms with van der Waals surface area (Å²) in [6.07, 6.45) is 7.74. The number of hydrogen-bond donors (Lipinski definition) is 2. The highest BCUT2D eigenvalue weighted by Crippen LogP contribution is 2.24. The van der Waals surface area contributed by atoms with Gasteiger partial charge in [0.05, 0.1) is 12.4 Å². The number of pyridine rings is 1. The molecule has 0 aliphatic carbocycles. The summed E-state index contributed by atoms with van der Waals surface area (Å²) in [6.45, 7) is 3.05. The molecule has 0 aliphatic heterocycles. The van der Waals surface area contributed by atoms with Crippen LogP contribution in [0.1, 0.15) is 43.4 Å². The Hall–Kier alpha value is -2.69. The van der Waals surface area contributed by atoms with E-state index in [4.69, 9.17) is 4.42 Å². The van der Waals surface area contributed by atoms with Crippen molar-refractivity contribution in [2.24, 2.45) is 0 Å². The molecule has 4 nitrogen and oxygen atoms in total. The largest absolute Gasteiger partial charge is 0.464 e. The van der Waals surface area contributed by atoms with Gasteiger partial charge in [-0.1, -0.05) is 18.2 Å². The van der Waals surface area contributed by atoms with E-state index in [2.05, 4.69) is 35.4 Å². The van der Waals surface area contributed by atoms with Gasteiger partial charge in [0.25, 0.3) is 0 Å². The SMILES string of the molecule is C[C@H](CCCC(O)c1ccc2occc2c1)NCc1ccc2cnccc2c1. The van der Waals surface area contributed by atoms with Gasteiger partial charge in [0.1, 0.15) is 5.58 Å². The van der Waals surface area contributed by atoms with Crippen molar-refractivity contribution >= 4 is 21.7 Å². The molecule has 28 heavy (non-hydrogen) atoms. The number of nitrogens with zero attached hydrogens (tertiary/aromatic N) is 1. The van der Waals surface area contributed by atoms with Crippen LogP contribution >= 0.6 is 0 Å². The Morgan fingerprint density at radius 1 is 1.00 bits per heavy atom. The number of aromatic nitrogens is 1. The molecule has 4 rings (SSSR count). The maximum absolute atomic E-state index is 10.5. The molecule has 0 amide bonds. The van der Waals surface area contributed by atoms with E-state index in [9.17, 15) is 5.11 Å². The van der Waals surface area contributed by atoms with Crippen LogP contribution in [0.15, 0.2) is 71.6 Å². The molecule has 1 unspecified atom stereocenters. The third kappa shape index (κ3) is 4.41. The molecular formula is C24H26N2O2. The molecule has 4 heteroatoms. The fraction of sp³-hybridized carbons (Fsp3) is 0.292. The average Bonchev–Trinajstić information content (AvgIpc) is 3.20. The molecule has 0 saturated carbocycles. The first-order valence-corrected chi connectivity index (χ1v) is 9.90. The van der Waals surface area contributed by atoms with E-state index in [1.54, 1.807) is 6.26 Å². The zero-order valence-corrected chi connectivity index (χ0v) is 16.1. The lowest BCUT2D eigenvalue weighted by atomic mass is 10.0. The summed E-state index contributed by atoms with van der Waals surface area (Å²) in [7, 11) is 0. The molecule has 2 aromatic carbocycles. The molecule has 0 aliphatic rings. The number of aliphatic hydroxyl groups excluding tert-OH is 1. The smallest absolute Gasteiger partial charge is 0.133 e. The number of hydrogen-bond acceptors (Lipinski definition) is 4. The second-order valence-electron chi connectivity index (χ2n) is 7.50. The normalized spacial score (nSPS) is 13.8. The molecule has 2 heterocycles. The standard InChI is InChI=1S/C24H26N2O2/c1-17(26-15-18-5-6-22-16-25-11-9-19(22)13-18)3-2-4-23(27)20-7-8-24-21(14-20)10-12-28-24/h5-14,16-17,23,26-27H,2-4,15H2,1H3/t17-,23?/m1/s1. The number of rotatable bonds is 8. The molecule has 0 spiro atoms. The third-order valence-corrected chi connectivity index (χ3v) is 5.34. The fourth-order valence-corrected chi connectivity index (χ4v) is 3.61. The van der Waals surface area contributed by atoms with Crippen LogP contribution in [0.4, 0.5) is 0 Å². The second-order valence-corrected chi connectivity index (χ2v) is 7.50. The van der Waals surface area contributed by atoms with E-state index < -0.39 is 6.10 Å². The third-order valence-electron chi connectivity index (χ3n) is 5.34.